The van der Waals surface area contributed by atoms with E-state index in [1.165, 1.54) is 4.90 Å². The Kier molecular flexibility index (Phi) is 4.79. The summed E-state index contributed by atoms with van der Waals surface area (Å²) in [4.78, 5) is 26.4. The molecule has 0 aromatic heterocycles. The molecule has 1 aliphatic heterocycles. The highest BCUT2D eigenvalue weighted by atomic mass is 16.5. The van der Waals surface area contributed by atoms with Gasteiger partial charge in [0, 0.05) is 5.69 Å². The lowest BCUT2D eigenvalue weighted by Crippen LogP contribution is -2.35. The van der Waals surface area contributed by atoms with E-state index in [2.05, 4.69) is 5.32 Å². The van der Waals surface area contributed by atoms with E-state index < -0.39 is 6.04 Å². The van der Waals surface area contributed by atoms with Crippen LogP contribution in [0.4, 0.5) is 11.4 Å². The largest absolute Gasteiger partial charge is 0.491 e. The van der Waals surface area contributed by atoms with Crippen LogP contribution in [0, 0.1) is 0 Å². The van der Waals surface area contributed by atoms with Gasteiger partial charge in [0.05, 0.1) is 18.7 Å². The van der Waals surface area contributed by atoms with Gasteiger partial charge in [-0.05, 0) is 30.7 Å². The maximum Gasteiger partial charge on any atom is 0.256 e. The van der Waals surface area contributed by atoms with Gasteiger partial charge in [-0.3, -0.25) is 9.59 Å². The van der Waals surface area contributed by atoms with Gasteiger partial charge in [0.2, 0.25) is 5.91 Å². The van der Waals surface area contributed by atoms with Crippen molar-refractivity contribution in [2.24, 2.45) is 0 Å². The molecule has 1 fully saturated rings. The summed E-state index contributed by atoms with van der Waals surface area (Å²) in [5.41, 5.74) is 1.33. The Morgan fingerprint density at radius 2 is 1.79 bits per heavy atom. The maximum atomic E-state index is 12.7. The molecule has 3 rings (SSSR count). The number of carbonyl (C=O) groups is 2. The van der Waals surface area contributed by atoms with Crippen molar-refractivity contribution >= 4 is 23.2 Å². The van der Waals surface area contributed by atoms with E-state index in [9.17, 15) is 9.59 Å². The number of rotatable bonds is 6. The molecule has 0 unspecified atom stereocenters. The number of amides is 2. The number of nitrogens with zero attached hydrogens (tertiary/aromatic N) is 1. The molecule has 0 saturated carbocycles. The third-order valence-electron chi connectivity index (χ3n) is 3.83. The molecule has 0 spiro atoms. The highest BCUT2D eigenvalue weighted by Crippen LogP contribution is 2.32. The number of nitrogens with one attached hydrogen (secondary N) is 1. The van der Waals surface area contributed by atoms with Gasteiger partial charge in [0.1, 0.15) is 11.8 Å². The summed E-state index contributed by atoms with van der Waals surface area (Å²) in [5, 5.41) is 3.13. The lowest BCUT2D eigenvalue weighted by atomic mass is 10.2. The average Bonchev–Trinajstić information content (AvgIpc) is 2.88. The molecule has 1 heterocycles. The molecule has 124 valence electrons. The van der Waals surface area contributed by atoms with Crippen LogP contribution >= 0.6 is 0 Å². The van der Waals surface area contributed by atoms with Gasteiger partial charge in [-0.15, -0.1) is 0 Å². The van der Waals surface area contributed by atoms with Crippen molar-refractivity contribution in [2.75, 3.05) is 16.8 Å². The Balaban J connectivity index is 1.82. The Labute approximate surface area is 141 Å². The fourth-order valence-corrected chi connectivity index (χ4v) is 2.71. The van der Waals surface area contributed by atoms with E-state index in [0.717, 1.165) is 12.1 Å². The highest BCUT2D eigenvalue weighted by molar-refractivity contribution is 6.23. The van der Waals surface area contributed by atoms with Crippen LogP contribution in [0.25, 0.3) is 0 Å². The molecule has 0 radical (unpaired) electrons. The number of anilines is 2. The molecule has 0 aliphatic carbocycles. The third-order valence-corrected chi connectivity index (χ3v) is 3.83. The first kappa shape index (κ1) is 16.1. The van der Waals surface area contributed by atoms with E-state index in [1.807, 2.05) is 43.3 Å². The number of hydrogen-bond donors (Lipinski definition) is 1. The molecule has 0 bridgehead atoms. The first-order valence-electron chi connectivity index (χ1n) is 8.11. The lowest BCUT2D eigenvalue weighted by Gasteiger charge is -2.19. The van der Waals surface area contributed by atoms with Crippen molar-refractivity contribution in [1.82, 2.24) is 0 Å². The van der Waals surface area contributed by atoms with E-state index in [0.29, 0.717) is 18.0 Å². The number of carbonyl (C=O) groups excluding carboxylic acids is 2. The molecule has 5 nitrogen and oxygen atoms in total. The molecular weight excluding hydrogens is 304 g/mol. The molecule has 24 heavy (non-hydrogen) atoms. The maximum absolute atomic E-state index is 12.7. The SMILES string of the molecule is CCCOc1ccccc1N1C(=O)C[C@@H](Nc2ccccc2)C1=O. The first-order chi connectivity index (χ1) is 11.7. The highest BCUT2D eigenvalue weighted by Gasteiger charge is 2.40. The topological polar surface area (TPSA) is 58.6 Å². The van der Waals surface area contributed by atoms with E-state index in [-0.39, 0.29) is 18.2 Å². The zero-order valence-corrected chi connectivity index (χ0v) is 13.6. The van der Waals surface area contributed by atoms with Crippen molar-refractivity contribution < 1.29 is 14.3 Å². The monoisotopic (exact) mass is 324 g/mol. The van der Waals surface area contributed by atoms with Crippen molar-refractivity contribution in [3.05, 3.63) is 54.6 Å². The quantitative estimate of drug-likeness (QED) is 0.829. The number of ether oxygens (including phenoxy) is 1. The fraction of sp³-hybridized carbons (Fsp3) is 0.263. The summed E-state index contributed by atoms with van der Waals surface area (Å²) in [6, 6.07) is 16.0. The summed E-state index contributed by atoms with van der Waals surface area (Å²) < 4.78 is 5.68. The third kappa shape index (κ3) is 3.25. The fourth-order valence-electron chi connectivity index (χ4n) is 2.71. The minimum atomic E-state index is -0.556. The Morgan fingerprint density at radius 1 is 1.08 bits per heavy atom. The number of hydrogen-bond acceptors (Lipinski definition) is 4. The molecule has 2 aromatic rings. The summed E-state index contributed by atoms with van der Waals surface area (Å²) in [5.74, 6) is 0.0822. The van der Waals surface area contributed by atoms with Crippen LogP contribution in [-0.4, -0.2) is 24.5 Å². The number of para-hydroxylation sites is 3. The van der Waals surface area contributed by atoms with Gasteiger partial charge in [0.25, 0.3) is 5.91 Å². The van der Waals surface area contributed by atoms with Gasteiger partial charge >= 0.3 is 0 Å². The van der Waals surface area contributed by atoms with Crippen LogP contribution in [-0.2, 0) is 9.59 Å². The van der Waals surface area contributed by atoms with Crippen LogP contribution < -0.4 is 15.0 Å². The summed E-state index contributed by atoms with van der Waals surface area (Å²) >= 11 is 0. The standard InChI is InChI=1S/C19H20N2O3/c1-2-12-24-17-11-7-6-10-16(17)21-18(22)13-15(19(21)23)20-14-8-4-3-5-9-14/h3-11,15,20H,2,12-13H2,1H3/t15-/m1/s1. The van der Waals surface area contributed by atoms with Gasteiger partial charge in [-0.2, -0.15) is 0 Å². The summed E-state index contributed by atoms with van der Waals surface area (Å²) in [7, 11) is 0. The van der Waals surface area contributed by atoms with Crippen molar-refractivity contribution in [1.29, 1.82) is 0 Å². The second-order valence-corrected chi connectivity index (χ2v) is 5.65. The second kappa shape index (κ2) is 7.17. The molecular formula is C19H20N2O3. The number of imide groups is 1. The van der Waals surface area contributed by atoms with Crippen molar-refractivity contribution in [3.8, 4) is 5.75 Å². The van der Waals surface area contributed by atoms with Crippen LogP contribution in [0.5, 0.6) is 5.75 Å². The van der Waals surface area contributed by atoms with Gasteiger partial charge in [-0.25, -0.2) is 4.90 Å². The van der Waals surface area contributed by atoms with E-state index in [4.69, 9.17) is 4.74 Å². The van der Waals surface area contributed by atoms with Crippen LogP contribution in [0.2, 0.25) is 0 Å². The summed E-state index contributed by atoms with van der Waals surface area (Å²) in [6.07, 6.45) is 0.990. The minimum absolute atomic E-state index is 0.135. The smallest absolute Gasteiger partial charge is 0.256 e. The average molecular weight is 324 g/mol. The number of benzene rings is 2. The van der Waals surface area contributed by atoms with Crippen LogP contribution in [0.15, 0.2) is 54.6 Å². The zero-order chi connectivity index (χ0) is 16.9. The molecule has 2 amide bonds. The molecule has 1 N–H and O–H groups in total. The van der Waals surface area contributed by atoms with Crippen molar-refractivity contribution in [3.63, 3.8) is 0 Å². The Morgan fingerprint density at radius 3 is 2.54 bits per heavy atom. The second-order valence-electron chi connectivity index (χ2n) is 5.65. The van der Waals surface area contributed by atoms with E-state index in [1.54, 1.807) is 18.2 Å². The normalized spacial score (nSPS) is 17.2. The molecule has 1 saturated heterocycles. The van der Waals surface area contributed by atoms with E-state index >= 15 is 0 Å². The van der Waals surface area contributed by atoms with Gasteiger partial charge < -0.3 is 10.1 Å². The zero-order valence-electron chi connectivity index (χ0n) is 13.6. The first-order valence-corrected chi connectivity index (χ1v) is 8.11. The van der Waals surface area contributed by atoms with Crippen LogP contribution in [0.1, 0.15) is 19.8 Å². The summed E-state index contributed by atoms with van der Waals surface area (Å²) in [6.45, 7) is 2.55. The van der Waals surface area contributed by atoms with Gasteiger partial charge in [0.15, 0.2) is 0 Å². The predicted octanol–water partition coefficient (Wildman–Crippen LogP) is 3.22. The molecule has 2 aromatic carbocycles. The Bertz CT molecular complexity index is 730. The predicted molar refractivity (Wildman–Crippen MR) is 93.2 cm³/mol. The minimum Gasteiger partial charge on any atom is -0.491 e. The molecule has 5 heteroatoms. The lowest BCUT2D eigenvalue weighted by molar-refractivity contribution is -0.121. The Hall–Kier alpha value is -2.82. The van der Waals surface area contributed by atoms with Crippen molar-refractivity contribution in [2.45, 2.75) is 25.8 Å². The molecule has 1 atom stereocenters. The van der Waals surface area contributed by atoms with Crippen LogP contribution in [0.3, 0.4) is 0 Å². The van der Waals surface area contributed by atoms with Gasteiger partial charge in [-0.1, -0.05) is 37.3 Å². The molecule has 1 aliphatic rings.